The van der Waals surface area contributed by atoms with E-state index in [1.54, 1.807) is 0 Å². The quantitative estimate of drug-likeness (QED) is 0.497. The Kier molecular flexibility index (Phi) is 1.11. The molecule has 1 fully saturated rings. The molecule has 2 unspecified atom stereocenters. The summed E-state index contributed by atoms with van der Waals surface area (Å²) in [6.45, 7) is 4.58. The molecule has 0 radical (unpaired) electrons. The van der Waals surface area contributed by atoms with E-state index < -0.39 is 0 Å². The molecule has 42 valence electrons. The van der Waals surface area contributed by atoms with Crippen LogP contribution >= 0.6 is 12.6 Å². The minimum Gasteiger partial charge on any atom is -0.179 e. The van der Waals surface area contributed by atoms with E-state index in [0.717, 1.165) is 11.7 Å². The summed E-state index contributed by atoms with van der Waals surface area (Å²) in [4.78, 5) is 0. The van der Waals surface area contributed by atoms with Gasteiger partial charge >= 0.3 is 0 Å². The van der Waals surface area contributed by atoms with Crippen LogP contribution in [0, 0.1) is 11.3 Å². The summed E-state index contributed by atoms with van der Waals surface area (Å²) in [5.74, 6) is 2.00. The van der Waals surface area contributed by atoms with E-state index in [9.17, 15) is 0 Å². The number of thiol groups is 1. The van der Waals surface area contributed by atoms with Gasteiger partial charge in [-0.2, -0.15) is 12.6 Å². The van der Waals surface area contributed by atoms with Gasteiger partial charge < -0.3 is 0 Å². The largest absolute Gasteiger partial charge is 0.179 e. The van der Waals surface area contributed by atoms with Gasteiger partial charge in [-0.05, 0) is 23.5 Å². The molecular formula is C6H12S. The fraction of sp³-hybridized carbons (Fsp3) is 1.00. The zero-order valence-corrected chi connectivity index (χ0v) is 5.83. The Hall–Kier alpha value is 0.350. The third-order valence-electron chi connectivity index (χ3n) is 2.16. The Morgan fingerprint density at radius 1 is 1.86 bits per heavy atom. The first kappa shape index (κ1) is 5.49. The number of rotatable bonds is 1. The van der Waals surface area contributed by atoms with E-state index in [-0.39, 0.29) is 0 Å². The van der Waals surface area contributed by atoms with Gasteiger partial charge in [0.05, 0.1) is 0 Å². The molecule has 0 amide bonds. The van der Waals surface area contributed by atoms with Crippen LogP contribution in [0.25, 0.3) is 0 Å². The van der Waals surface area contributed by atoms with Gasteiger partial charge in [-0.3, -0.25) is 0 Å². The van der Waals surface area contributed by atoms with Crippen molar-refractivity contribution in [1.29, 1.82) is 0 Å². The lowest BCUT2D eigenvalue weighted by molar-refractivity contribution is 0.599. The highest BCUT2D eigenvalue weighted by atomic mass is 32.1. The van der Waals surface area contributed by atoms with Crippen LogP contribution in [0.2, 0.25) is 0 Å². The lowest BCUT2D eigenvalue weighted by Crippen LogP contribution is -1.96. The van der Waals surface area contributed by atoms with E-state index in [2.05, 4.69) is 26.5 Å². The van der Waals surface area contributed by atoms with Gasteiger partial charge in [0.15, 0.2) is 0 Å². The summed E-state index contributed by atoms with van der Waals surface area (Å²) in [5, 5.41) is 0. The highest BCUT2D eigenvalue weighted by Crippen LogP contribution is 2.52. The van der Waals surface area contributed by atoms with Gasteiger partial charge in [-0.15, -0.1) is 0 Å². The molecule has 0 N–H and O–H groups in total. The predicted octanol–water partition coefficient (Wildman–Crippen LogP) is 1.96. The second-order valence-corrected chi connectivity index (χ2v) is 3.23. The second kappa shape index (κ2) is 1.41. The van der Waals surface area contributed by atoms with Crippen molar-refractivity contribution >= 4 is 12.6 Å². The Morgan fingerprint density at radius 2 is 2.29 bits per heavy atom. The van der Waals surface area contributed by atoms with Crippen LogP contribution in [0.3, 0.4) is 0 Å². The molecule has 0 heterocycles. The van der Waals surface area contributed by atoms with Crippen LogP contribution in [0.5, 0.6) is 0 Å². The van der Waals surface area contributed by atoms with Crippen molar-refractivity contribution in [2.45, 2.75) is 20.3 Å². The number of hydrogen-bond acceptors (Lipinski definition) is 1. The summed E-state index contributed by atoms with van der Waals surface area (Å²) in [6.07, 6.45) is 1.39. The third kappa shape index (κ3) is 0.788. The molecule has 0 aromatic carbocycles. The topological polar surface area (TPSA) is 0 Å². The van der Waals surface area contributed by atoms with Gasteiger partial charge in [0.1, 0.15) is 0 Å². The van der Waals surface area contributed by atoms with Crippen molar-refractivity contribution < 1.29 is 0 Å². The maximum Gasteiger partial charge on any atom is -0.00411 e. The van der Waals surface area contributed by atoms with Crippen LogP contribution in [-0.4, -0.2) is 5.75 Å². The van der Waals surface area contributed by atoms with Crippen LogP contribution in [0.1, 0.15) is 20.3 Å². The highest BCUT2D eigenvalue weighted by molar-refractivity contribution is 7.80. The lowest BCUT2D eigenvalue weighted by atomic mass is 10.1. The van der Waals surface area contributed by atoms with Gasteiger partial charge in [-0.25, -0.2) is 0 Å². The SMILES string of the molecule is CC1CC1(C)CS. The molecular weight excluding hydrogens is 104 g/mol. The van der Waals surface area contributed by atoms with Gasteiger partial charge in [0.2, 0.25) is 0 Å². The zero-order valence-electron chi connectivity index (χ0n) is 4.94. The van der Waals surface area contributed by atoms with Crippen molar-refractivity contribution in [3.8, 4) is 0 Å². The van der Waals surface area contributed by atoms with Crippen LogP contribution < -0.4 is 0 Å². The summed E-state index contributed by atoms with van der Waals surface area (Å²) in [6, 6.07) is 0. The van der Waals surface area contributed by atoms with Crippen molar-refractivity contribution in [2.75, 3.05) is 5.75 Å². The first-order valence-electron chi connectivity index (χ1n) is 2.80. The summed E-state index contributed by atoms with van der Waals surface area (Å²) >= 11 is 4.22. The maximum atomic E-state index is 4.22. The molecule has 7 heavy (non-hydrogen) atoms. The van der Waals surface area contributed by atoms with E-state index in [1.807, 2.05) is 0 Å². The smallest absolute Gasteiger partial charge is 0.00411 e. The average molecular weight is 116 g/mol. The molecule has 0 spiro atoms. The monoisotopic (exact) mass is 116 g/mol. The average Bonchev–Trinajstić information content (AvgIpc) is 2.18. The minimum atomic E-state index is 0.614. The lowest BCUT2D eigenvalue weighted by Gasteiger charge is -2.00. The molecule has 1 aliphatic rings. The second-order valence-electron chi connectivity index (χ2n) is 2.92. The van der Waals surface area contributed by atoms with Crippen LogP contribution in [0.15, 0.2) is 0 Å². The van der Waals surface area contributed by atoms with Gasteiger partial charge in [0.25, 0.3) is 0 Å². The molecule has 0 aromatic heterocycles. The molecule has 1 heteroatoms. The maximum absolute atomic E-state index is 4.22. The van der Waals surface area contributed by atoms with Crippen molar-refractivity contribution in [3.63, 3.8) is 0 Å². The predicted molar refractivity (Wildman–Crippen MR) is 35.7 cm³/mol. The Labute approximate surface area is 50.7 Å². The van der Waals surface area contributed by atoms with Gasteiger partial charge in [0, 0.05) is 0 Å². The van der Waals surface area contributed by atoms with E-state index >= 15 is 0 Å². The summed E-state index contributed by atoms with van der Waals surface area (Å²) in [5.41, 5.74) is 0.614. The zero-order chi connectivity index (χ0) is 5.49. The molecule has 0 aromatic rings. The normalized spacial score (nSPS) is 49.3. The number of hydrogen-bond donors (Lipinski definition) is 1. The summed E-state index contributed by atoms with van der Waals surface area (Å²) < 4.78 is 0. The molecule has 1 rings (SSSR count). The molecule has 1 aliphatic carbocycles. The Balaban J connectivity index is 2.36. The van der Waals surface area contributed by atoms with Crippen LogP contribution in [-0.2, 0) is 0 Å². The Morgan fingerprint density at radius 3 is 2.29 bits per heavy atom. The standard InChI is InChI=1S/C6H12S/c1-5-3-6(5,2)4-7/h5,7H,3-4H2,1-2H3. The highest BCUT2D eigenvalue weighted by Gasteiger charge is 2.44. The first-order valence-corrected chi connectivity index (χ1v) is 3.43. The van der Waals surface area contributed by atoms with Crippen LogP contribution in [0.4, 0.5) is 0 Å². The molecule has 0 aliphatic heterocycles. The molecule has 0 saturated heterocycles. The third-order valence-corrected chi connectivity index (χ3v) is 2.89. The molecule has 2 atom stereocenters. The van der Waals surface area contributed by atoms with E-state index in [1.165, 1.54) is 6.42 Å². The van der Waals surface area contributed by atoms with E-state index in [0.29, 0.717) is 5.41 Å². The first-order chi connectivity index (χ1) is 3.19. The summed E-state index contributed by atoms with van der Waals surface area (Å²) in [7, 11) is 0. The van der Waals surface area contributed by atoms with E-state index in [4.69, 9.17) is 0 Å². The minimum absolute atomic E-state index is 0.614. The Bertz CT molecular complexity index is 76.2. The van der Waals surface area contributed by atoms with Crippen molar-refractivity contribution in [1.82, 2.24) is 0 Å². The van der Waals surface area contributed by atoms with Crippen molar-refractivity contribution in [3.05, 3.63) is 0 Å². The molecule has 0 nitrogen and oxygen atoms in total. The fourth-order valence-corrected chi connectivity index (χ4v) is 1.30. The van der Waals surface area contributed by atoms with Gasteiger partial charge in [-0.1, -0.05) is 13.8 Å². The molecule has 0 bridgehead atoms. The molecule has 1 saturated carbocycles. The van der Waals surface area contributed by atoms with Crippen molar-refractivity contribution in [2.24, 2.45) is 11.3 Å². The fourth-order valence-electron chi connectivity index (χ4n) is 0.861.